The Morgan fingerprint density at radius 2 is 1.94 bits per heavy atom. The van der Waals surface area contributed by atoms with E-state index in [1.165, 1.54) is 37.5 Å². The molecule has 5 nitrogen and oxygen atoms in total. The average molecular weight is 231 g/mol. The highest BCUT2D eigenvalue weighted by atomic mass is 16.5. The number of carboxylic acids is 1. The van der Waals surface area contributed by atoms with Crippen LogP contribution in [0.2, 0.25) is 0 Å². The molecular weight excluding hydrogens is 222 g/mol. The maximum atomic E-state index is 11.1. The third-order valence-electron chi connectivity index (χ3n) is 1.99. The van der Waals surface area contributed by atoms with E-state index in [0.717, 1.165) is 0 Å². The van der Waals surface area contributed by atoms with Crippen LogP contribution in [-0.4, -0.2) is 24.2 Å². The maximum absolute atomic E-state index is 11.1. The van der Waals surface area contributed by atoms with E-state index in [-0.39, 0.29) is 11.1 Å². The van der Waals surface area contributed by atoms with Crippen LogP contribution in [0, 0.1) is 11.3 Å². The largest absolute Gasteiger partial charge is 0.478 e. The second kappa shape index (κ2) is 5.47. The molecule has 86 valence electrons. The predicted molar refractivity (Wildman–Crippen MR) is 59.0 cm³/mol. The second-order valence-electron chi connectivity index (χ2n) is 3.09. The fourth-order valence-electron chi connectivity index (χ4n) is 1.14. The molecule has 1 N–H and O–H groups in total. The summed E-state index contributed by atoms with van der Waals surface area (Å²) in [6.07, 6.45) is 1.33. The van der Waals surface area contributed by atoms with Crippen molar-refractivity contribution in [2.45, 2.75) is 0 Å². The molecule has 1 aromatic carbocycles. The fraction of sp³-hybridized carbons (Fsp3) is 0.0833. The lowest BCUT2D eigenvalue weighted by Crippen LogP contribution is -2.02. The summed E-state index contributed by atoms with van der Waals surface area (Å²) in [4.78, 5) is 21.7. The number of nitrogens with zero attached hydrogens (tertiary/aromatic N) is 1. The van der Waals surface area contributed by atoms with E-state index in [1.54, 1.807) is 6.07 Å². The third kappa shape index (κ3) is 3.18. The van der Waals surface area contributed by atoms with E-state index in [0.29, 0.717) is 5.56 Å². The minimum atomic E-state index is -1.03. The van der Waals surface area contributed by atoms with Crippen LogP contribution in [0.1, 0.15) is 15.9 Å². The van der Waals surface area contributed by atoms with E-state index in [2.05, 4.69) is 4.74 Å². The van der Waals surface area contributed by atoms with Gasteiger partial charge in [0.1, 0.15) is 11.6 Å². The number of carboxylic acid groups (broad SMARTS) is 1. The summed E-state index contributed by atoms with van der Waals surface area (Å²) < 4.78 is 4.41. The van der Waals surface area contributed by atoms with E-state index in [4.69, 9.17) is 10.4 Å². The number of carbonyl (C=O) groups excluding carboxylic acids is 1. The molecule has 1 aromatic rings. The average Bonchev–Trinajstić information content (AvgIpc) is 2.35. The number of hydrogen-bond acceptors (Lipinski definition) is 4. The van der Waals surface area contributed by atoms with Crippen molar-refractivity contribution in [1.82, 2.24) is 0 Å². The van der Waals surface area contributed by atoms with Gasteiger partial charge in [-0.3, -0.25) is 0 Å². The van der Waals surface area contributed by atoms with Crippen LogP contribution in [-0.2, 0) is 9.53 Å². The van der Waals surface area contributed by atoms with Crippen molar-refractivity contribution < 1.29 is 19.4 Å². The number of methoxy groups -OCH3 is 1. The Hall–Kier alpha value is -2.61. The molecule has 0 heterocycles. The maximum Gasteiger partial charge on any atom is 0.348 e. The Bertz CT molecular complexity index is 508. The van der Waals surface area contributed by atoms with Gasteiger partial charge in [0, 0.05) is 0 Å². The first-order chi connectivity index (χ1) is 8.08. The molecule has 17 heavy (non-hydrogen) atoms. The monoisotopic (exact) mass is 231 g/mol. The molecule has 0 aromatic heterocycles. The normalized spacial score (nSPS) is 10.5. The summed E-state index contributed by atoms with van der Waals surface area (Å²) in [6.45, 7) is 0. The van der Waals surface area contributed by atoms with Crippen LogP contribution in [0.25, 0.3) is 6.08 Å². The van der Waals surface area contributed by atoms with Crippen molar-refractivity contribution in [2.75, 3.05) is 7.11 Å². The van der Waals surface area contributed by atoms with Crippen molar-refractivity contribution in [3.8, 4) is 6.07 Å². The molecule has 0 aliphatic carbocycles. The highest BCUT2D eigenvalue weighted by molar-refractivity contribution is 5.98. The SMILES string of the molecule is COC(=O)/C(C#N)=C\c1ccc(C(=O)O)cc1. The number of nitriles is 1. The van der Waals surface area contributed by atoms with E-state index in [9.17, 15) is 9.59 Å². The summed E-state index contributed by atoms with van der Waals surface area (Å²) in [5.41, 5.74) is 0.547. The van der Waals surface area contributed by atoms with Gasteiger partial charge in [-0.1, -0.05) is 12.1 Å². The van der Waals surface area contributed by atoms with Gasteiger partial charge in [-0.2, -0.15) is 5.26 Å². The van der Waals surface area contributed by atoms with Gasteiger partial charge >= 0.3 is 11.9 Å². The number of hydrogen-bond donors (Lipinski definition) is 1. The minimum Gasteiger partial charge on any atom is -0.478 e. The van der Waals surface area contributed by atoms with Crippen molar-refractivity contribution in [3.05, 3.63) is 41.0 Å². The molecule has 0 saturated heterocycles. The number of esters is 1. The lowest BCUT2D eigenvalue weighted by atomic mass is 10.1. The predicted octanol–water partition coefficient (Wildman–Crippen LogP) is 1.46. The van der Waals surface area contributed by atoms with Gasteiger partial charge in [0.05, 0.1) is 12.7 Å². The van der Waals surface area contributed by atoms with Gasteiger partial charge in [-0.05, 0) is 23.8 Å². The zero-order chi connectivity index (χ0) is 12.8. The number of carbonyl (C=O) groups is 2. The molecule has 0 unspecified atom stereocenters. The number of ether oxygens (including phenoxy) is 1. The molecule has 0 aliphatic rings. The molecule has 0 amide bonds. The van der Waals surface area contributed by atoms with Crippen LogP contribution in [0.15, 0.2) is 29.8 Å². The van der Waals surface area contributed by atoms with Gasteiger partial charge < -0.3 is 9.84 Å². The summed E-state index contributed by atoms with van der Waals surface area (Å²) >= 11 is 0. The van der Waals surface area contributed by atoms with Gasteiger partial charge in [0.15, 0.2) is 0 Å². The molecule has 1 rings (SSSR count). The zero-order valence-electron chi connectivity index (χ0n) is 9.01. The topological polar surface area (TPSA) is 87.4 Å². The van der Waals surface area contributed by atoms with Crippen molar-refractivity contribution in [1.29, 1.82) is 5.26 Å². The zero-order valence-corrected chi connectivity index (χ0v) is 9.01. The Morgan fingerprint density at radius 1 is 1.35 bits per heavy atom. The molecule has 0 radical (unpaired) electrons. The first kappa shape index (κ1) is 12.5. The smallest absolute Gasteiger partial charge is 0.348 e. The summed E-state index contributed by atoms with van der Waals surface area (Å²) in [7, 11) is 1.18. The Kier molecular flexibility index (Phi) is 4.01. The molecule has 0 aliphatic heterocycles. The lowest BCUT2D eigenvalue weighted by Gasteiger charge is -1.98. The van der Waals surface area contributed by atoms with Crippen molar-refractivity contribution >= 4 is 18.0 Å². The van der Waals surface area contributed by atoms with Crippen molar-refractivity contribution in [3.63, 3.8) is 0 Å². The van der Waals surface area contributed by atoms with E-state index < -0.39 is 11.9 Å². The molecular formula is C12H9NO4. The Labute approximate surface area is 97.6 Å². The quantitative estimate of drug-likeness (QED) is 0.483. The molecule has 0 bridgehead atoms. The third-order valence-corrected chi connectivity index (χ3v) is 1.99. The van der Waals surface area contributed by atoms with Crippen LogP contribution >= 0.6 is 0 Å². The first-order valence-electron chi connectivity index (χ1n) is 4.62. The highest BCUT2D eigenvalue weighted by Gasteiger charge is 2.08. The second-order valence-corrected chi connectivity index (χ2v) is 3.09. The summed E-state index contributed by atoms with van der Waals surface area (Å²) in [5, 5.41) is 17.4. The summed E-state index contributed by atoms with van der Waals surface area (Å²) in [6, 6.07) is 7.49. The Balaban J connectivity index is 3.02. The van der Waals surface area contributed by atoms with Crippen LogP contribution in [0.3, 0.4) is 0 Å². The number of rotatable bonds is 3. The molecule has 5 heteroatoms. The standard InChI is InChI=1S/C12H9NO4/c1-17-12(16)10(7-13)6-8-2-4-9(5-3-8)11(14)15/h2-6H,1H3,(H,14,15)/b10-6-. The minimum absolute atomic E-state index is 0.138. The van der Waals surface area contributed by atoms with Gasteiger partial charge in [0.2, 0.25) is 0 Å². The first-order valence-corrected chi connectivity index (χ1v) is 4.62. The molecule has 0 spiro atoms. The summed E-state index contributed by atoms with van der Waals surface area (Å²) in [5.74, 6) is -1.76. The van der Waals surface area contributed by atoms with E-state index in [1.807, 2.05) is 0 Å². The molecule has 0 fully saturated rings. The van der Waals surface area contributed by atoms with Crippen LogP contribution in [0.5, 0.6) is 0 Å². The van der Waals surface area contributed by atoms with Crippen LogP contribution < -0.4 is 0 Å². The highest BCUT2D eigenvalue weighted by Crippen LogP contribution is 2.09. The van der Waals surface area contributed by atoms with Gasteiger partial charge in [-0.15, -0.1) is 0 Å². The van der Waals surface area contributed by atoms with Crippen molar-refractivity contribution in [2.24, 2.45) is 0 Å². The number of benzene rings is 1. The van der Waals surface area contributed by atoms with E-state index >= 15 is 0 Å². The fourth-order valence-corrected chi connectivity index (χ4v) is 1.14. The Morgan fingerprint density at radius 3 is 2.35 bits per heavy atom. The lowest BCUT2D eigenvalue weighted by molar-refractivity contribution is -0.135. The van der Waals surface area contributed by atoms with Gasteiger partial charge in [-0.25, -0.2) is 9.59 Å². The molecule has 0 saturated carbocycles. The number of aromatic carboxylic acids is 1. The van der Waals surface area contributed by atoms with Crippen LogP contribution in [0.4, 0.5) is 0 Å². The molecule has 0 atom stereocenters. The van der Waals surface area contributed by atoms with Gasteiger partial charge in [0.25, 0.3) is 0 Å².